The molecule has 1 aliphatic heterocycles. The molecule has 1 aromatic carbocycles. The summed E-state index contributed by atoms with van der Waals surface area (Å²) in [5.41, 5.74) is 2.19. The Balaban J connectivity index is 2.13. The number of aryl methyl sites for hydroxylation is 1. The predicted molar refractivity (Wildman–Crippen MR) is 80.5 cm³/mol. The van der Waals surface area contributed by atoms with Gasteiger partial charge in [0.25, 0.3) is 5.91 Å². The van der Waals surface area contributed by atoms with Crippen LogP contribution in [0, 0.1) is 6.92 Å². The first-order valence-electron chi connectivity index (χ1n) is 7.04. The van der Waals surface area contributed by atoms with Gasteiger partial charge in [0.1, 0.15) is 0 Å². The number of hydrogen-bond donors (Lipinski definition) is 2. The summed E-state index contributed by atoms with van der Waals surface area (Å²) in [5.74, 6) is -0.154. The molecule has 6 nitrogen and oxygen atoms in total. The molecule has 1 aliphatic rings. The van der Waals surface area contributed by atoms with Gasteiger partial charge < -0.3 is 20.3 Å². The van der Waals surface area contributed by atoms with E-state index in [1.807, 2.05) is 13.0 Å². The van der Waals surface area contributed by atoms with Crippen LogP contribution in [0.2, 0.25) is 0 Å². The van der Waals surface area contributed by atoms with Crippen LogP contribution in [0.15, 0.2) is 18.2 Å². The number of carbonyl (C=O) groups excluding carboxylic acids is 2. The highest BCUT2D eigenvalue weighted by Crippen LogP contribution is 2.18. The molecule has 0 bridgehead atoms. The summed E-state index contributed by atoms with van der Waals surface area (Å²) in [7, 11) is 1.71. The molecular formula is C15H21N3O3. The van der Waals surface area contributed by atoms with Gasteiger partial charge in [-0.25, -0.2) is 0 Å². The van der Waals surface area contributed by atoms with Crippen LogP contribution in [0.4, 0.5) is 5.69 Å². The van der Waals surface area contributed by atoms with E-state index in [4.69, 9.17) is 4.74 Å². The van der Waals surface area contributed by atoms with Crippen molar-refractivity contribution in [1.82, 2.24) is 10.2 Å². The Morgan fingerprint density at radius 3 is 2.67 bits per heavy atom. The van der Waals surface area contributed by atoms with Crippen molar-refractivity contribution in [1.29, 1.82) is 0 Å². The average Bonchev–Trinajstić information content (AvgIpc) is 2.50. The fourth-order valence-corrected chi connectivity index (χ4v) is 2.19. The van der Waals surface area contributed by atoms with Crippen LogP contribution in [-0.4, -0.2) is 56.6 Å². The SMILES string of the molecule is CNCC(=O)Nc1cc(C(=O)N2CCOCC2)ccc1C. The molecule has 0 spiro atoms. The Labute approximate surface area is 124 Å². The smallest absolute Gasteiger partial charge is 0.254 e. The lowest BCUT2D eigenvalue weighted by Crippen LogP contribution is -2.40. The number of anilines is 1. The van der Waals surface area contributed by atoms with E-state index in [9.17, 15) is 9.59 Å². The zero-order valence-electron chi connectivity index (χ0n) is 12.4. The quantitative estimate of drug-likeness (QED) is 0.853. The van der Waals surface area contributed by atoms with Crippen LogP contribution in [0.5, 0.6) is 0 Å². The zero-order valence-corrected chi connectivity index (χ0v) is 12.4. The summed E-state index contributed by atoms with van der Waals surface area (Å²) < 4.78 is 5.25. The van der Waals surface area contributed by atoms with Crippen molar-refractivity contribution < 1.29 is 14.3 Å². The zero-order chi connectivity index (χ0) is 15.2. The lowest BCUT2D eigenvalue weighted by Gasteiger charge is -2.27. The van der Waals surface area contributed by atoms with Crippen LogP contribution in [0.3, 0.4) is 0 Å². The molecule has 21 heavy (non-hydrogen) atoms. The fraction of sp³-hybridized carbons (Fsp3) is 0.467. The highest BCUT2D eigenvalue weighted by molar-refractivity contribution is 5.98. The van der Waals surface area contributed by atoms with Crippen LogP contribution in [0.25, 0.3) is 0 Å². The van der Waals surface area contributed by atoms with Crippen LogP contribution in [0.1, 0.15) is 15.9 Å². The van der Waals surface area contributed by atoms with Crippen LogP contribution >= 0.6 is 0 Å². The molecule has 0 atom stereocenters. The number of morpholine rings is 1. The molecule has 1 heterocycles. The fourth-order valence-electron chi connectivity index (χ4n) is 2.19. The summed E-state index contributed by atoms with van der Waals surface area (Å²) in [6.07, 6.45) is 0. The van der Waals surface area contributed by atoms with Gasteiger partial charge in [-0.15, -0.1) is 0 Å². The Kier molecular flexibility index (Phi) is 5.30. The topological polar surface area (TPSA) is 70.7 Å². The third kappa shape index (κ3) is 4.03. The maximum absolute atomic E-state index is 12.4. The van der Waals surface area contributed by atoms with Gasteiger partial charge in [-0.3, -0.25) is 9.59 Å². The summed E-state index contributed by atoms with van der Waals surface area (Å²) in [6, 6.07) is 5.38. The van der Waals surface area contributed by atoms with Crippen molar-refractivity contribution in [3.05, 3.63) is 29.3 Å². The highest BCUT2D eigenvalue weighted by Gasteiger charge is 2.19. The minimum Gasteiger partial charge on any atom is -0.378 e. The molecule has 2 rings (SSSR count). The Morgan fingerprint density at radius 2 is 2.00 bits per heavy atom. The minimum atomic E-state index is -0.128. The second-order valence-corrected chi connectivity index (χ2v) is 5.01. The first-order chi connectivity index (χ1) is 10.1. The highest BCUT2D eigenvalue weighted by atomic mass is 16.5. The number of rotatable bonds is 4. The number of amides is 2. The molecule has 0 aliphatic carbocycles. The van der Waals surface area contributed by atoms with Gasteiger partial charge >= 0.3 is 0 Å². The van der Waals surface area contributed by atoms with Gasteiger partial charge in [-0.1, -0.05) is 6.07 Å². The van der Waals surface area contributed by atoms with Crippen molar-refractivity contribution in [2.75, 3.05) is 45.2 Å². The standard InChI is InChI=1S/C15H21N3O3/c1-11-3-4-12(9-13(11)17-14(19)10-16-2)15(20)18-5-7-21-8-6-18/h3-4,9,16H,5-8,10H2,1-2H3,(H,17,19). The van der Waals surface area contributed by atoms with Crippen molar-refractivity contribution in [3.8, 4) is 0 Å². The number of likely N-dealkylation sites (N-methyl/N-ethyl adjacent to an activating group) is 1. The van der Waals surface area contributed by atoms with Gasteiger partial charge in [0.05, 0.1) is 19.8 Å². The van der Waals surface area contributed by atoms with Gasteiger partial charge in [-0.05, 0) is 31.7 Å². The van der Waals surface area contributed by atoms with E-state index in [0.29, 0.717) is 37.6 Å². The Morgan fingerprint density at radius 1 is 1.29 bits per heavy atom. The van der Waals surface area contributed by atoms with Crippen molar-refractivity contribution >= 4 is 17.5 Å². The van der Waals surface area contributed by atoms with Crippen molar-refractivity contribution in [2.45, 2.75) is 6.92 Å². The second kappa shape index (κ2) is 7.19. The lowest BCUT2D eigenvalue weighted by molar-refractivity contribution is -0.115. The van der Waals surface area contributed by atoms with Gasteiger partial charge in [-0.2, -0.15) is 0 Å². The van der Waals surface area contributed by atoms with E-state index in [-0.39, 0.29) is 18.4 Å². The summed E-state index contributed by atoms with van der Waals surface area (Å²) in [6.45, 7) is 4.49. The van der Waals surface area contributed by atoms with E-state index in [1.54, 1.807) is 24.1 Å². The third-order valence-electron chi connectivity index (χ3n) is 3.39. The number of nitrogens with one attached hydrogen (secondary N) is 2. The second-order valence-electron chi connectivity index (χ2n) is 5.01. The van der Waals surface area contributed by atoms with Crippen LogP contribution in [-0.2, 0) is 9.53 Å². The van der Waals surface area contributed by atoms with E-state index in [1.165, 1.54) is 0 Å². The molecule has 0 unspecified atom stereocenters. The normalized spacial score (nSPS) is 14.9. The first-order valence-corrected chi connectivity index (χ1v) is 7.04. The Hall–Kier alpha value is -1.92. The first kappa shape index (κ1) is 15.5. The van der Waals surface area contributed by atoms with Gasteiger partial charge in [0.15, 0.2) is 0 Å². The largest absolute Gasteiger partial charge is 0.378 e. The number of hydrogen-bond acceptors (Lipinski definition) is 4. The predicted octanol–water partition coefficient (Wildman–Crippen LogP) is 0.625. The maximum Gasteiger partial charge on any atom is 0.254 e. The van der Waals surface area contributed by atoms with Gasteiger partial charge in [0.2, 0.25) is 5.91 Å². The summed E-state index contributed by atoms with van der Waals surface area (Å²) in [4.78, 5) is 25.9. The molecule has 1 fully saturated rings. The van der Waals surface area contributed by atoms with E-state index in [2.05, 4.69) is 10.6 Å². The molecule has 1 aromatic rings. The summed E-state index contributed by atoms with van der Waals surface area (Å²) in [5, 5.41) is 5.61. The molecule has 2 amide bonds. The Bertz CT molecular complexity index is 525. The van der Waals surface area contributed by atoms with Crippen LogP contribution < -0.4 is 10.6 Å². The molecule has 0 radical (unpaired) electrons. The minimum absolute atomic E-state index is 0.0255. The molecule has 1 saturated heterocycles. The molecular weight excluding hydrogens is 270 g/mol. The number of carbonyl (C=O) groups is 2. The molecule has 2 N–H and O–H groups in total. The lowest BCUT2D eigenvalue weighted by atomic mass is 10.1. The number of nitrogens with zero attached hydrogens (tertiary/aromatic N) is 1. The monoisotopic (exact) mass is 291 g/mol. The maximum atomic E-state index is 12.4. The number of benzene rings is 1. The van der Waals surface area contributed by atoms with Gasteiger partial charge in [0, 0.05) is 24.3 Å². The number of ether oxygens (including phenoxy) is 1. The average molecular weight is 291 g/mol. The van der Waals surface area contributed by atoms with E-state index < -0.39 is 0 Å². The molecule has 0 aromatic heterocycles. The summed E-state index contributed by atoms with van der Waals surface area (Å²) >= 11 is 0. The van der Waals surface area contributed by atoms with E-state index >= 15 is 0 Å². The van der Waals surface area contributed by atoms with Crippen molar-refractivity contribution in [2.24, 2.45) is 0 Å². The molecule has 0 saturated carbocycles. The molecule has 114 valence electrons. The van der Waals surface area contributed by atoms with Crippen molar-refractivity contribution in [3.63, 3.8) is 0 Å². The molecule has 6 heteroatoms. The van der Waals surface area contributed by atoms with E-state index in [0.717, 1.165) is 5.56 Å². The third-order valence-corrected chi connectivity index (χ3v) is 3.39.